The van der Waals surface area contributed by atoms with Crippen LogP contribution >= 0.6 is 11.3 Å². The second-order valence-corrected chi connectivity index (χ2v) is 10.9. The number of aliphatic hydroxyl groups is 1. The van der Waals surface area contributed by atoms with E-state index in [2.05, 4.69) is 5.32 Å². The molecule has 0 spiro atoms. The fraction of sp³-hybridized carbons (Fsp3) is 0.400. The van der Waals surface area contributed by atoms with Gasteiger partial charge in [0.25, 0.3) is 15.9 Å². The van der Waals surface area contributed by atoms with Crippen molar-refractivity contribution < 1.29 is 36.9 Å². The number of methoxy groups -OCH3 is 1. The lowest BCUT2D eigenvalue weighted by Gasteiger charge is -2.28. The first-order chi connectivity index (χ1) is 17.5. The minimum Gasteiger partial charge on any atom is -0.374 e. The molecule has 1 aliphatic carbocycles. The number of hydrogen-bond acceptors (Lipinski definition) is 8. The highest BCUT2D eigenvalue weighted by Crippen LogP contribution is 2.31. The number of sulfonamides is 1. The van der Waals surface area contributed by atoms with E-state index in [9.17, 15) is 22.7 Å². The average molecular weight is 555 g/mol. The standard InChI is InChI=1S/C25H31FN2O7S2/c1-6-34-20-9-8-17(14-21(20)33-5)28(4)37(31,32)22-10-11-36-23(22)24(29)27-19-13-16(25(30)35-7-2)12-18(26)15(19)3/h8-14,20-21,25,30H,6-7H2,1-5H3,(H,27,29). The van der Waals surface area contributed by atoms with Crippen molar-refractivity contribution in [2.24, 2.45) is 0 Å². The fourth-order valence-electron chi connectivity index (χ4n) is 3.73. The van der Waals surface area contributed by atoms with Crippen molar-refractivity contribution in [3.63, 3.8) is 0 Å². The molecule has 2 N–H and O–H groups in total. The maximum Gasteiger partial charge on any atom is 0.267 e. The Labute approximate surface area is 220 Å². The Kier molecular flexibility index (Phi) is 9.62. The van der Waals surface area contributed by atoms with Gasteiger partial charge >= 0.3 is 0 Å². The Morgan fingerprint density at radius 1 is 1.27 bits per heavy atom. The largest absolute Gasteiger partial charge is 0.374 e. The Balaban J connectivity index is 1.89. The molecule has 1 aromatic heterocycles. The molecule has 0 saturated heterocycles. The number of carbonyl (C=O) groups excluding carboxylic acids is 1. The van der Waals surface area contributed by atoms with Crippen LogP contribution in [0.1, 0.15) is 40.9 Å². The number of nitrogens with one attached hydrogen (secondary N) is 1. The Morgan fingerprint density at radius 2 is 2.00 bits per heavy atom. The molecule has 1 aromatic carbocycles. The maximum atomic E-state index is 14.5. The summed E-state index contributed by atoms with van der Waals surface area (Å²) in [5.41, 5.74) is 0.696. The molecule has 0 saturated carbocycles. The molecule has 0 radical (unpaired) electrons. The van der Waals surface area contributed by atoms with Crippen molar-refractivity contribution in [1.29, 1.82) is 0 Å². The zero-order valence-corrected chi connectivity index (χ0v) is 22.9. The second kappa shape index (κ2) is 12.3. The lowest BCUT2D eigenvalue weighted by molar-refractivity contribution is -0.0980. The topological polar surface area (TPSA) is 114 Å². The summed E-state index contributed by atoms with van der Waals surface area (Å²) in [6.07, 6.45) is 2.78. The number of amides is 1. The van der Waals surface area contributed by atoms with Crippen molar-refractivity contribution in [3.8, 4) is 0 Å². The number of nitrogens with zero attached hydrogens (tertiary/aromatic N) is 1. The number of carbonyl (C=O) groups is 1. The van der Waals surface area contributed by atoms with E-state index in [0.717, 1.165) is 21.7 Å². The highest BCUT2D eigenvalue weighted by molar-refractivity contribution is 7.89. The molecule has 1 amide bonds. The van der Waals surface area contributed by atoms with E-state index >= 15 is 0 Å². The van der Waals surface area contributed by atoms with Crippen molar-refractivity contribution >= 4 is 33.0 Å². The molecule has 37 heavy (non-hydrogen) atoms. The summed E-state index contributed by atoms with van der Waals surface area (Å²) >= 11 is 0.941. The molecule has 1 aliphatic rings. The highest BCUT2D eigenvalue weighted by Gasteiger charge is 2.31. The van der Waals surface area contributed by atoms with Gasteiger partial charge in [-0.3, -0.25) is 9.10 Å². The maximum absolute atomic E-state index is 14.5. The molecule has 3 rings (SSSR count). The summed E-state index contributed by atoms with van der Waals surface area (Å²) in [4.78, 5) is 12.9. The molecule has 12 heteroatoms. The number of thiophene rings is 1. The Bertz CT molecular complexity index is 1290. The van der Waals surface area contributed by atoms with Gasteiger partial charge in [0.15, 0.2) is 6.29 Å². The smallest absolute Gasteiger partial charge is 0.267 e. The summed E-state index contributed by atoms with van der Waals surface area (Å²) in [5.74, 6) is -1.38. The fourth-order valence-corrected chi connectivity index (χ4v) is 6.22. The first kappa shape index (κ1) is 29.0. The monoisotopic (exact) mass is 554 g/mol. The van der Waals surface area contributed by atoms with Crippen molar-refractivity contribution in [2.45, 2.75) is 44.2 Å². The number of hydrogen-bond donors (Lipinski definition) is 2. The van der Waals surface area contributed by atoms with E-state index in [1.54, 1.807) is 25.2 Å². The average Bonchev–Trinajstić information content (AvgIpc) is 3.38. The van der Waals surface area contributed by atoms with Crippen LogP contribution in [0.4, 0.5) is 10.1 Å². The van der Waals surface area contributed by atoms with E-state index in [-0.39, 0.29) is 39.3 Å². The number of likely N-dealkylation sites (N-methyl/N-ethyl adjacent to an activating group) is 1. The third-order valence-electron chi connectivity index (χ3n) is 5.81. The first-order valence-electron chi connectivity index (χ1n) is 11.6. The van der Waals surface area contributed by atoms with Gasteiger partial charge in [0.2, 0.25) is 0 Å². The van der Waals surface area contributed by atoms with Gasteiger partial charge < -0.3 is 24.6 Å². The molecular formula is C25H31FN2O7S2. The number of rotatable bonds is 11. The molecule has 0 bridgehead atoms. The van der Waals surface area contributed by atoms with Crippen LogP contribution in [0.15, 0.2) is 52.4 Å². The Morgan fingerprint density at radius 3 is 2.65 bits per heavy atom. The van der Waals surface area contributed by atoms with E-state index < -0.39 is 34.1 Å². The van der Waals surface area contributed by atoms with E-state index in [1.165, 1.54) is 38.6 Å². The van der Waals surface area contributed by atoms with Gasteiger partial charge in [-0.1, -0.05) is 6.08 Å². The van der Waals surface area contributed by atoms with Crippen LogP contribution in [0, 0.1) is 12.7 Å². The van der Waals surface area contributed by atoms with Gasteiger partial charge in [0.1, 0.15) is 27.8 Å². The van der Waals surface area contributed by atoms with Crippen LogP contribution in [0.5, 0.6) is 0 Å². The van der Waals surface area contributed by atoms with Crippen molar-refractivity contribution in [3.05, 3.63) is 69.3 Å². The van der Waals surface area contributed by atoms with E-state index in [1.807, 2.05) is 6.92 Å². The van der Waals surface area contributed by atoms with Crippen LogP contribution in [0.3, 0.4) is 0 Å². The molecule has 3 atom stereocenters. The molecule has 2 aromatic rings. The molecule has 0 fully saturated rings. The summed E-state index contributed by atoms with van der Waals surface area (Å²) in [6.45, 7) is 5.66. The SMILES string of the molecule is CCOC(O)c1cc(F)c(C)c(NC(=O)c2sccc2S(=O)(=O)N(C)C2=CC(OC)C(OCC)C=C2)c1. The summed E-state index contributed by atoms with van der Waals surface area (Å²) in [7, 11) is -1.25. The molecule has 1 heterocycles. The van der Waals surface area contributed by atoms with Crippen LogP contribution < -0.4 is 5.32 Å². The van der Waals surface area contributed by atoms with Crippen LogP contribution in [0.2, 0.25) is 0 Å². The number of halogens is 1. The normalized spacial score (nSPS) is 18.4. The third-order valence-corrected chi connectivity index (χ3v) is 8.68. The quantitative estimate of drug-likeness (QED) is 0.404. The summed E-state index contributed by atoms with van der Waals surface area (Å²) in [5, 5.41) is 14.2. The molecule has 9 nitrogen and oxygen atoms in total. The molecule has 202 valence electrons. The molecule has 0 aliphatic heterocycles. The number of ether oxygens (including phenoxy) is 3. The van der Waals surface area contributed by atoms with E-state index in [0.29, 0.717) is 12.3 Å². The summed E-state index contributed by atoms with van der Waals surface area (Å²) in [6, 6.07) is 3.86. The predicted octanol–water partition coefficient (Wildman–Crippen LogP) is 3.97. The minimum atomic E-state index is -4.14. The van der Waals surface area contributed by atoms with E-state index in [4.69, 9.17) is 14.2 Å². The highest BCUT2D eigenvalue weighted by atomic mass is 32.2. The lowest BCUT2D eigenvalue weighted by Crippen LogP contribution is -2.34. The van der Waals surface area contributed by atoms with Gasteiger partial charge in [-0.15, -0.1) is 11.3 Å². The van der Waals surface area contributed by atoms with Gasteiger partial charge in [-0.05, 0) is 56.5 Å². The number of anilines is 1. The third kappa shape index (κ3) is 6.28. The molecular weight excluding hydrogens is 523 g/mol. The number of benzene rings is 1. The van der Waals surface area contributed by atoms with Gasteiger partial charge in [0, 0.05) is 49.9 Å². The zero-order valence-electron chi connectivity index (χ0n) is 21.2. The van der Waals surface area contributed by atoms with Crippen molar-refractivity contribution in [1.82, 2.24) is 4.31 Å². The Hall–Kier alpha value is -2.61. The second-order valence-electron chi connectivity index (χ2n) is 8.09. The zero-order chi connectivity index (χ0) is 27.3. The van der Waals surface area contributed by atoms with Crippen LogP contribution in [0.25, 0.3) is 0 Å². The predicted molar refractivity (Wildman–Crippen MR) is 138 cm³/mol. The summed E-state index contributed by atoms with van der Waals surface area (Å²) < 4.78 is 58.7. The molecule has 3 unspecified atom stereocenters. The minimum absolute atomic E-state index is 0.0710. The van der Waals surface area contributed by atoms with Gasteiger partial charge in [-0.2, -0.15) is 0 Å². The van der Waals surface area contributed by atoms with Crippen LogP contribution in [-0.4, -0.2) is 63.3 Å². The number of allylic oxidation sites excluding steroid dienone is 1. The van der Waals surface area contributed by atoms with Gasteiger partial charge in [-0.25, -0.2) is 12.8 Å². The van der Waals surface area contributed by atoms with Crippen LogP contribution in [-0.2, 0) is 24.2 Å². The lowest BCUT2D eigenvalue weighted by atomic mass is 10.1. The number of aliphatic hydroxyl groups excluding tert-OH is 1. The van der Waals surface area contributed by atoms with Crippen molar-refractivity contribution in [2.75, 3.05) is 32.7 Å². The van der Waals surface area contributed by atoms with Gasteiger partial charge in [0.05, 0.1) is 0 Å². The first-order valence-corrected chi connectivity index (χ1v) is 13.9.